The van der Waals surface area contributed by atoms with E-state index < -0.39 is 5.97 Å². The lowest BCUT2D eigenvalue weighted by atomic mass is 9.92. The lowest BCUT2D eigenvalue weighted by molar-refractivity contribution is -0.138. The normalized spacial score (nSPS) is 14.4. The number of piperidine rings is 1. The van der Waals surface area contributed by atoms with Crippen LogP contribution in [0.25, 0.3) is 16.6 Å². The van der Waals surface area contributed by atoms with Crippen molar-refractivity contribution in [3.05, 3.63) is 74.9 Å². The second-order valence-electron chi connectivity index (χ2n) is 9.02. The molecular formula is C27H27Cl2N3O2. The fourth-order valence-electron chi connectivity index (χ4n) is 4.89. The number of hydrogen-bond acceptors (Lipinski definition) is 3. The van der Waals surface area contributed by atoms with E-state index >= 15 is 0 Å². The predicted molar refractivity (Wildman–Crippen MR) is 137 cm³/mol. The number of hydrogen-bond donors (Lipinski definition) is 1. The highest BCUT2D eigenvalue weighted by molar-refractivity contribution is 6.37. The molecule has 176 valence electrons. The van der Waals surface area contributed by atoms with E-state index in [0.717, 1.165) is 64.9 Å². The Morgan fingerprint density at radius 3 is 2.59 bits per heavy atom. The van der Waals surface area contributed by atoms with Crippen molar-refractivity contribution >= 4 is 45.8 Å². The first kappa shape index (κ1) is 24.2. The third-order valence-electron chi connectivity index (χ3n) is 7.03. The maximum atomic E-state index is 11.0. The zero-order valence-corrected chi connectivity index (χ0v) is 20.9. The number of likely N-dealkylation sites (tertiary alicyclic amines) is 1. The Bertz CT molecular complexity index is 1330. The molecule has 0 bridgehead atoms. The van der Waals surface area contributed by atoms with Crippen molar-refractivity contribution in [2.45, 2.75) is 32.6 Å². The summed E-state index contributed by atoms with van der Waals surface area (Å²) in [5.41, 5.74) is 6.27. The number of nitrogens with zero attached hydrogens (tertiary/aromatic N) is 3. The fraction of sp³-hybridized carbons (Fsp3) is 0.333. The molecule has 0 radical (unpaired) electrons. The van der Waals surface area contributed by atoms with E-state index in [1.54, 1.807) is 0 Å². The predicted octanol–water partition coefficient (Wildman–Crippen LogP) is 6.41. The minimum atomic E-state index is -0.741. The molecule has 2 heterocycles. The van der Waals surface area contributed by atoms with Crippen molar-refractivity contribution in [1.82, 2.24) is 9.47 Å². The number of carboxylic acid groups (broad SMARTS) is 1. The van der Waals surface area contributed by atoms with Gasteiger partial charge in [0.25, 0.3) is 0 Å². The summed E-state index contributed by atoms with van der Waals surface area (Å²) in [7, 11) is 2.01. The molecule has 0 spiro atoms. The molecular weight excluding hydrogens is 469 g/mol. The number of rotatable bonds is 6. The topological polar surface area (TPSA) is 69.3 Å². The van der Waals surface area contributed by atoms with Crippen LogP contribution in [-0.2, 0) is 18.3 Å². The molecule has 5 nitrogen and oxygen atoms in total. The van der Waals surface area contributed by atoms with Gasteiger partial charge in [0.05, 0.1) is 16.7 Å². The molecule has 0 saturated carbocycles. The standard InChI is InChI=1S/C27H27Cl2N3O2/c1-16-19(15-30)4-7-25-22(16)13-20(31(25)3)14-23-24(28)6-5-21(27(23)29)17(2)32-10-8-18(9-11-32)12-26(33)34/h4-7,13,18H,2,8-12,14H2,1,3H3,(H,33,34). The van der Waals surface area contributed by atoms with Crippen molar-refractivity contribution < 1.29 is 9.90 Å². The third kappa shape index (κ3) is 4.53. The molecule has 1 fully saturated rings. The quantitative estimate of drug-likeness (QED) is 0.428. The van der Waals surface area contributed by atoms with Crippen LogP contribution >= 0.6 is 23.2 Å². The van der Waals surface area contributed by atoms with Gasteiger partial charge >= 0.3 is 5.97 Å². The Labute approximate surface area is 209 Å². The van der Waals surface area contributed by atoms with Gasteiger partial charge in [0.1, 0.15) is 0 Å². The summed E-state index contributed by atoms with van der Waals surface area (Å²) < 4.78 is 2.12. The number of fused-ring (bicyclic) bond motifs is 1. The number of nitriles is 1. The highest BCUT2D eigenvalue weighted by atomic mass is 35.5. The van der Waals surface area contributed by atoms with Crippen LogP contribution in [-0.4, -0.2) is 33.6 Å². The van der Waals surface area contributed by atoms with Crippen LogP contribution in [0, 0.1) is 24.2 Å². The molecule has 2 aromatic carbocycles. The number of carboxylic acids is 1. The second kappa shape index (κ2) is 9.74. The van der Waals surface area contributed by atoms with Crippen LogP contribution in [0.1, 0.15) is 47.2 Å². The van der Waals surface area contributed by atoms with E-state index in [4.69, 9.17) is 28.3 Å². The summed E-state index contributed by atoms with van der Waals surface area (Å²) in [6.45, 7) is 7.79. The number of benzene rings is 2. The number of carbonyl (C=O) groups is 1. The smallest absolute Gasteiger partial charge is 0.303 e. The third-order valence-corrected chi connectivity index (χ3v) is 7.82. The van der Waals surface area contributed by atoms with Crippen molar-refractivity contribution in [2.24, 2.45) is 13.0 Å². The van der Waals surface area contributed by atoms with E-state index in [0.29, 0.717) is 22.0 Å². The van der Waals surface area contributed by atoms with Crippen molar-refractivity contribution in [2.75, 3.05) is 13.1 Å². The van der Waals surface area contributed by atoms with Crippen LogP contribution in [0.4, 0.5) is 0 Å². The van der Waals surface area contributed by atoms with Gasteiger partial charge in [-0.15, -0.1) is 0 Å². The maximum Gasteiger partial charge on any atom is 0.303 e. The molecule has 7 heteroatoms. The molecule has 34 heavy (non-hydrogen) atoms. The molecule has 0 atom stereocenters. The Kier molecular flexibility index (Phi) is 6.93. The van der Waals surface area contributed by atoms with Crippen molar-refractivity contribution in [1.29, 1.82) is 5.26 Å². The number of aryl methyl sites for hydroxylation is 2. The van der Waals surface area contributed by atoms with E-state index in [1.807, 2.05) is 38.2 Å². The summed E-state index contributed by atoms with van der Waals surface area (Å²) >= 11 is 13.5. The van der Waals surface area contributed by atoms with Gasteiger partial charge in [-0.1, -0.05) is 29.8 Å². The van der Waals surface area contributed by atoms with E-state index in [1.165, 1.54) is 0 Å². The average Bonchev–Trinajstić information content (AvgIpc) is 3.13. The molecule has 4 rings (SSSR count). The Morgan fingerprint density at radius 1 is 1.24 bits per heavy atom. The van der Waals surface area contributed by atoms with Gasteiger partial charge in [-0.2, -0.15) is 5.26 Å². The number of halogens is 2. The molecule has 0 unspecified atom stereocenters. The summed E-state index contributed by atoms with van der Waals surface area (Å²) in [6.07, 6.45) is 2.41. The summed E-state index contributed by atoms with van der Waals surface area (Å²) in [6, 6.07) is 12.0. The van der Waals surface area contributed by atoms with Crippen LogP contribution < -0.4 is 0 Å². The monoisotopic (exact) mass is 495 g/mol. The van der Waals surface area contributed by atoms with Crippen molar-refractivity contribution in [3.63, 3.8) is 0 Å². The van der Waals surface area contributed by atoms with E-state index in [-0.39, 0.29) is 12.3 Å². The second-order valence-corrected chi connectivity index (χ2v) is 9.80. The summed E-state index contributed by atoms with van der Waals surface area (Å²) in [5, 5.41) is 20.7. The largest absolute Gasteiger partial charge is 0.481 e. The molecule has 1 aliphatic rings. The van der Waals surface area contributed by atoms with Gasteiger partial charge in [-0.05, 0) is 67.1 Å². The first-order valence-electron chi connectivity index (χ1n) is 11.3. The summed E-state index contributed by atoms with van der Waals surface area (Å²) in [5.74, 6) is -0.538. The lowest BCUT2D eigenvalue weighted by Gasteiger charge is -2.34. The number of aromatic nitrogens is 1. The Morgan fingerprint density at radius 2 is 1.94 bits per heavy atom. The van der Waals surface area contributed by atoms with Crippen LogP contribution in [0.5, 0.6) is 0 Å². The molecule has 1 N–H and O–H groups in total. The van der Waals surface area contributed by atoms with Gasteiger partial charge in [-0.25, -0.2) is 0 Å². The van der Waals surface area contributed by atoms with Crippen LogP contribution in [0.3, 0.4) is 0 Å². The molecule has 1 saturated heterocycles. The highest BCUT2D eigenvalue weighted by Crippen LogP contribution is 2.37. The van der Waals surface area contributed by atoms with Gasteiger partial charge in [-0.3, -0.25) is 4.79 Å². The molecule has 3 aromatic rings. The Hall–Kier alpha value is -2.94. The first-order valence-corrected chi connectivity index (χ1v) is 12.1. The van der Waals surface area contributed by atoms with Crippen LogP contribution in [0.15, 0.2) is 36.9 Å². The zero-order chi connectivity index (χ0) is 24.6. The van der Waals surface area contributed by atoms with Crippen molar-refractivity contribution in [3.8, 4) is 6.07 Å². The fourth-order valence-corrected chi connectivity index (χ4v) is 5.50. The molecule has 0 aliphatic carbocycles. The molecule has 1 aliphatic heterocycles. The van der Waals surface area contributed by atoms with Gasteiger partial charge in [0.2, 0.25) is 0 Å². The number of aliphatic carboxylic acids is 1. The molecule has 1 aromatic heterocycles. The van der Waals surface area contributed by atoms with Crippen LogP contribution in [0.2, 0.25) is 10.0 Å². The minimum absolute atomic E-state index is 0.203. The van der Waals surface area contributed by atoms with Gasteiger partial charge < -0.3 is 14.6 Å². The summed E-state index contributed by atoms with van der Waals surface area (Å²) in [4.78, 5) is 13.2. The lowest BCUT2D eigenvalue weighted by Crippen LogP contribution is -2.33. The van der Waals surface area contributed by atoms with Gasteiger partial charge in [0, 0.05) is 65.9 Å². The first-order chi connectivity index (χ1) is 16.2. The van der Waals surface area contributed by atoms with E-state index in [2.05, 4.69) is 28.2 Å². The minimum Gasteiger partial charge on any atom is -0.481 e. The maximum absolute atomic E-state index is 11.0. The zero-order valence-electron chi connectivity index (χ0n) is 19.4. The SMILES string of the molecule is C=C(c1ccc(Cl)c(Cc2cc3c(C)c(C#N)ccc3n2C)c1Cl)N1CCC(CC(=O)O)CC1. The highest BCUT2D eigenvalue weighted by Gasteiger charge is 2.24. The Balaban J connectivity index is 1.61. The van der Waals surface area contributed by atoms with Gasteiger partial charge in [0.15, 0.2) is 0 Å². The molecule has 0 amide bonds. The average molecular weight is 496 g/mol. The van der Waals surface area contributed by atoms with E-state index in [9.17, 15) is 10.1 Å².